The Kier molecular flexibility index (Phi) is 4.58. The third kappa shape index (κ3) is 3.20. The highest BCUT2D eigenvalue weighted by molar-refractivity contribution is 7.94. The number of hydrogen-bond donors (Lipinski definition) is 0. The molecule has 23 heavy (non-hydrogen) atoms. The second-order valence-electron chi connectivity index (χ2n) is 6.58. The average Bonchev–Trinajstić information content (AvgIpc) is 2.53. The Balaban J connectivity index is 2.01. The van der Waals surface area contributed by atoms with Gasteiger partial charge in [-0.2, -0.15) is 0 Å². The Morgan fingerprint density at radius 2 is 1.74 bits per heavy atom. The number of aryl methyl sites for hydroxylation is 3. The van der Waals surface area contributed by atoms with E-state index < -0.39 is 9.73 Å². The summed E-state index contributed by atoms with van der Waals surface area (Å²) in [6, 6.07) is 14.3. The normalized spacial score (nSPS) is 24.2. The summed E-state index contributed by atoms with van der Waals surface area (Å²) in [5, 5.41) is 0.110. The van der Waals surface area contributed by atoms with Gasteiger partial charge in [-0.25, -0.2) is 8.57 Å². The summed E-state index contributed by atoms with van der Waals surface area (Å²) in [5.41, 5.74) is 5.26. The van der Waals surface area contributed by atoms with Crippen LogP contribution >= 0.6 is 0 Å². The molecule has 0 aliphatic carbocycles. The molecule has 2 aromatic carbocycles. The number of benzene rings is 2. The lowest BCUT2D eigenvalue weighted by molar-refractivity contribution is 0.610. The second-order valence-corrected chi connectivity index (χ2v) is 9.11. The van der Waals surface area contributed by atoms with E-state index in [2.05, 4.69) is 37.3 Å². The minimum atomic E-state index is -2.33. The van der Waals surface area contributed by atoms with Crippen molar-refractivity contribution in [3.05, 3.63) is 64.7 Å². The summed E-state index contributed by atoms with van der Waals surface area (Å²) in [5.74, 6) is 0. The van der Waals surface area contributed by atoms with Crippen molar-refractivity contribution in [3.63, 3.8) is 0 Å². The van der Waals surface area contributed by atoms with Crippen LogP contribution in [0.4, 0.5) is 0 Å². The molecule has 1 unspecified atom stereocenters. The Labute approximate surface area is 140 Å². The van der Waals surface area contributed by atoms with Gasteiger partial charge >= 0.3 is 0 Å². The maximum Gasteiger partial charge on any atom is 0.0784 e. The molecule has 2 nitrogen and oxygen atoms in total. The number of hydrogen-bond acceptors (Lipinski definition) is 2. The number of nitrogens with zero attached hydrogens (tertiary/aromatic N) is 1. The van der Waals surface area contributed by atoms with Gasteiger partial charge in [-0.3, -0.25) is 0 Å². The van der Waals surface area contributed by atoms with Crippen molar-refractivity contribution in [2.24, 2.45) is 4.36 Å². The van der Waals surface area contributed by atoms with Crippen molar-refractivity contribution in [2.45, 2.75) is 50.2 Å². The molecule has 1 heterocycles. The number of rotatable bonds is 3. The van der Waals surface area contributed by atoms with Crippen LogP contribution in [0.3, 0.4) is 0 Å². The van der Waals surface area contributed by atoms with Gasteiger partial charge in [-0.15, -0.1) is 0 Å². The molecule has 2 atom stereocenters. The molecular weight excluding hydrogens is 302 g/mol. The van der Waals surface area contributed by atoms with Crippen LogP contribution in [0.25, 0.3) is 0 Å². The monoisotopic (exact) mass is 327 g/mol. The molecule has 0 saturated heterocycles. The van der Waals surface area contributed by atoms with E-state index in [9.17, 15) is 4.21 Å². The smallest absolute Gasteiger partial charge is 0.0784 e. The third-order valence-electron chi connectivity index (χ3n) is 4.77. The second kappa shape index (κ2) is 6.48. The fraction of sp³-hybridized carbons (Fsp3) is 0.400. The maximum absolute atomic E-state index is 13.7. The fourth-order valence-electron chi connectivity index (χ4n) is 3.64. The Morgan fingerprint density at radius 1 is 1.09 bits per heavy atom. The van der Waals surface area contributed by atoms with E-state index in [1.165, 1.54) is 22.3 Å². The van der Waals surface area contributed by atoms with Crippen molar-refractivity contribution < 1.29 is 4.21 Å². The van der Waals surface area contributed by atoms with E-state index in [-0.39, 0.29) is 5.25 Å². The van der Waals surface area contributed by atoms with Gasteiger partial charge in [0.1, 0.15) is 0 Å². The fourth-order valence-corrected chi connectivity index (χ4v) is 6.21. The van der Waals surface area contributed by atoms with Crippen LogP contribution in [0.2, 0.25) is 0 Å². The molecule has 1 aliphatic heterocycles. The van der Waals surface area contributed by atoms with E-state index in [0.29, 0.717) is 0 Å². The Bertz CT molecular complexity index is 794. The molecule has 0 aromatic heterocycles. The first-order chi connectivity index (χ1) is 11.0. The first-order valence-corrected chi connectivity index (χ1v) is 9.92. The molecular formula is C20H25NOS. The topological polar surface area (TPSA) is 29.4 Å². The predicted molar refractivity (Wildman–Crippen MR) is 97.5 cm³/mol. The van der Waals surface area contributed by atoms with Crippen molar-refractivity contribution >= 4 is 9.73 Å². The van der Waals surface area contributed by atoms with Crippen molar-refractivity contribution in [2.75, 3.05) is 6.54 Å². The van der Waals surface area contributed by atoms with Crippen LogP contribution in [0.1, 0.15) is 35.1 Å². The van der Waals surface area contributed by atoms with Gasteiger partial charge in [0, 0.05) is 11.4 Å². The predicted octanol–water partition coefficient (Wildman–Crippen LogP) is 4.84. The zero-order chi connectivity index (χ0) is 16.4. The van der Waals surface area contributed by atoms with Gasteiger partial charge in [0.25, 0.3) is 0 Å². The third-order valence-corrected chi connectivity index (χ3v) is 7.59. The first-order valence-electron chi connectivity index (χ1n) is 8.34. The van der Waals surface area contributed by atoms with Gasteiger partial charge in [-0.05, 0) is 68.9 Å². The minimum absolute atomic E-state index is 0.110. The molecule has 122 valence electrons. The average molecular weight is 327 g/mol. The quantitative estimate of drug-likeness (QED) is 0.793. The van der Waals surface area contributed by atoms with E-state index in [0.717, 1.165) is 30.7 Å². The molecule has 0 N–H and O–H groups in total. The molecule has 0 bridgehead atoms. The Morgan fingerprint density at radius 3 is 2.39 bits per heavy atom. The summed E-state index contributed by atoms with van der Waals surface area (Å²) in [4.78, 5) is 0.895. The largest absolute Gasteiger partial charge is 0.244 e. The van der Waals surface area contributed by atoms with E-state index in [1.54, 1.807) is 0 Å². The van der Waals surface area contributed by atoms with Gasteiger partial charge < -0.3 is 0 Å². The zero-order valence-corrected chi connectivity index (χ0v) is 15.0. The lowest BCUT2D eigenvalue weighted by Crippen LogP contribution is -2.28. The highest BCUT2D eigenvalue weighted by Gasteiger charge is 2.29. The lowest BCUT2D eigenvalue weighted by Gasteiger charge is -2.27. The lowest BCUT2D eigenvalue weighted by atomic mass is 9.95. The van der Waals surface area contributed by atoms with Gasteiger partial charge in [-0.1, -0.05) is 35.9 Å². The van der Waals surface area contributed by atoms with E-state index >= 15 is 0 Å². The molecule has 2 aromatic rings. The highest BCUT2D eigenvalue weighted by atomic mass is 32.2. The zero-order valence-electron chi connectivity index (χ0n) is 14.2. The molecule has 3 rings (SSSR count). The van der Waals surface area contributed by atoms with Crippen LogP contribution in [-0.2, 0) is 16.1 Å². The standard InChI is InChI=1S/C20H25NOS/c1-15-12-16(2)20(17(3)13-15)14-19-10-7-11-21-23(19,22)18-8-5-4-6-9-18/h4-6,8-9,12-13,19H,7,10-11,14H2,1-3H3/t19-,23?/m1/s1. The van der Waals surface area contributed by atoms with Gasteiger partial charge in [0.05, 0.1) is 15.0 Å². The first kappa shape index (κ1) is 16.3. The SMILES string of the molecule is Cc1cc(C)c(C[C@H]2CCCN=S2(=O)c2ccccc2)c(C)c1. The summed E-state index contributed by atoms with van der Waals surface area (Å²) in [6.45, 7) is 7.18. The summed E-state index contributed by atoms with van der Waals surface area (Å²) < 4.78 is 18.3. The van der Waals surface area contributed by atoms with Crippen molar-refractivity contribution in [3.8, 4) is 0 Å². The van der Waals surface area contributed by atoms with Crippen molar-refractivity contribution in [1.82, 2.24) is 0 Å². The summed E-state index contributed by atoms with van der Waals surface area (Å²) in [7, 11) is -2.33. The highest BCUT2D eigenvalue weighted by Crippen LogP contribution is 2.30. The molecule has 0 spiro atoms. The Hall–Kier alpha value is -1.61. The van der Waals surface area contributed by atoms with Gasteiger partial charge in [0.2, 0.25) is 0 Å². The molecule has 3 heteroatoms. The molecule has 0 radical (unpaired) electrons. The van der Waals surface area contributed by atoms with Crippen LogP contribution in [0.5, 0.6) is 0 Å². The minimum Gasteiger partial charge on any atom is -0.244 e. The molecule has 0 fully saturated rings. The van der Waals surface area contributed by atoms with Crippen LogP contribution in [0, 0.1) is 20.8 Å². The van der Waals surface area contributed by atoms with Gasteiger partial charge in [0.15, 0.2) is 0 Å². The molecule has 0 saturated carbocycles. The van der Waals surface area contributed by atoms with E-state index in [4.69, 9.17) is 0 Å². The van der Waals surface area contributed by atoms with Crippen molar-refractivity contribution in [1.29, 1.82) is 0 Å². The maximum atomic E-state index is 13.7. The summed E-state index contributed by atoms with van der Waals surface area (Å²) in [6.07, 6.45) is 2.89. The molecule has 0 amide bonds. The van der Waals surface area contributed by atoms with Crippen LogP contribution < -0.4 is 0 Å². The van der Waals surface area contributed by atoms with E-state index in [1.807, 2.05) is 30.3 Å². The van der Waals surface area contributed by atoms with Crippen LogP contribution in [-0.4, -0.2) is 16.0 Å². The molecule has 1 aliphatic rings. The summed E-state index contributed by atoms with van der Waals surface area (Å²) >= 11 is 0. The van der Waals surface area contributed by atoms with Crippen LogP contribution in [0.15, 0.2) is 51.7 Å².